The second-order valence-corrected chi connectivity index (χ2v) is 14.2. The van der Waals surface area contributed by atoms with E-state index < -0.39 is 34.4 Å². The van der Waals surface area contributed by atoms with Gasteiger partial charge < -0.3 is 19.7 Å². The molecule has 0 aromatic heterocycles. The lowest BCUT2D eigenvalue weighted by Crippen LogP contribution is -2.53. The minimum atomic E-state index is -4.41. The van der Waals surface area contributed by atoms with Crippen LogP contribution < -0.4 is 19.1 Å². The number of halogens is 3. The molecule has 0 saturated heterocycles. The maximum atomic E-state index is 14.7. The first kappa shape index (κ1) is 37.9. The molecule has 13 heteroatoms. The van der Waals surface area contributed by atoms with Crippen molar-refractivity contribution in [2.24, 2.45) is 0 Å². The summed E-state index contributed by atoms with van der Waals surface area (Å²) in [5.41, 5.74) is 1.39. The number of methoxy groups -OCH3 is 2. The standard InChI is InChI=1S/C36H38Cl3N3O6S/c1-4-5-20-40-36(44)32(21-25-10-7-6-8-11-25)41(23-29-30(38)12-9-13-31(29)39)35(43)24-42(27-16-14-26(37)15-17-27)49(45,46)28-18-19-33(47-2)34(22-28)48-3/h6-19,22,32H,4-5,20-21,23-24H2,1-3H3,(H,40,44). The number of nitrogens with one attached hydrogen (secondary N) is 1. The number of ether oxygens (including phenoxy) is 2. The maximum absolute atomic E-state index is 14.7. The van der Waals surface area contributed by atoms with Gasteiger partial charge in [-0.3, -0.25) is 13.9 Å². The molecule has 2 amide bonds. The number of amides is 2. The number of carbonyl (C=O) groups is 2. The average molecular weight is 747 g/mol. The third kappa shape index (κ3) is 9.60. The third-order valence-corrected chi connectivity index (χ3v) is 10.6. The number of hydrogen-bond acceptors (Lipinski definition) is 6. The lowest BCUT2D eigenvalue weighted by molar-refractivity contribution is -0.140. The Labute approximate surface area is 302 Å². The quantitative estimate of drug-likeness (QED) is 0.120. The van der Waals surface area contributed by atoms with E-state index in [2.05, 4.69) is 5.32 Å². The van der Waals surface area contributed by atoms with Crippen LogP contribution in [0.5, 0.6) is 11.5 Å². The van der Waals surface area contributed by atoms with Crippen LogP contribution in [-0.2, 0) is 32.6 Å². The highest BCUT2D eigenvalue weighted by Crippen LogP contribution is 2.33. The van der Waals surface area contributed by atoms with Crippen molar-refractivity contribution in [3.63, 3.8) is 0 Å². The van der Waals surface area contributed by atoms with Gasteiger partial charge in [-0.25, -0.2) is 8.42 Å². The molecule has 9 nitrogen and oxygen atoms in total. The predicted molar refractivity (Wildman–Crippen MR) is 194 cm³/mol. The van der Waals surface area contributed by atoms with Crippen LogP contribution in [0.3, 0.4) is 0 Å². The molecule has 1 N–H and O–H groups in total. The van der Waals surface area contributed by atoms with Crippen molar-refractivity contribution in [3.05, 3.63) is 117 Å². The van der Waals surface area contributed by atoms with E-state index in [0.717, 1.165) is 22.7 Å². The van der Waals surface area contributed by atoms with Crippen LogP contribution in [0.1, 0.15) is 30.9 Å². The summed E-state index contributed by atoms with van der Waals surface area (Å²) in [6.07, 6.45) is 1.74. The highest BCUT2D eigenvalue weighted by atomic mass is 35.5. The van der Waals surface area contributed by atoms with E-state index in [1.54, 1.807) is 18.2 Å². The maximum Gasteiger partial charge on any atom is 0.264 e. The topological polar surface area (TPSA) is 105 Å². The van der Waals surface area contributed by atoms with Crippen molar-refractivity contribution in [2.75, 3.05) is 31.6 Å². The summed E-state index contributed by atoms with van der Waals surface area (Å²) in [6, 6.07) is 23.4. The van der Waals surface area contributed by atoms with Gasteiger partial charge in [0, 0.05) is 46.2 Å². The van der Waals surface area contributed by atoms with Crippen LogP contribution in [0.4, 0.5) is 5.69 Å². The van der Waals surface area contributed by atoms with Crippen molar-refractivity contribution in [1.29, 1.82) is 0 Å². The Hall–Kier alpha value is -3.96. The fraction of sp³-hybridized carbons (Fsp3) is 0.278. The molecule has 1 atom stereocenters. The zero-order valence-corrected chi connectivity index (χ0v) is 30.5. The van der Waals surface area contributed by atoms with Crippen LogP contribution in [0, 0.1) is 0 Å². The third-order valence-electron chi connectivity index (χ3n) is 7.83. The average Bonchev–Trinajstić information content (AvgIpc) is 3.10. The molecule has 49 heavy (non-hydrogen) atoms. The molecule has 0 bridgehead atoms. The van der Waals surface area contributed by atoms with Gasteiger partial charge in [-0.05, 0) is 60.5 Å². The van der Waals surface area contributed by atoms with Crippen molar-refractivity contribution < 1.29 is 27.5 Å². The van der Waals surface area contributed by atoms with E-state index in [1.165, 1.54) is 61.6 Å². The molecule has 0 radical (unpaired) electrons. The second-order valence-electron chi connectivity index (χ2n) is 11.1. The first-order valence-corrected chi connectivity index (χ1v) is 18.1. The SMILES string of the molecule is CCCCNC(=O)C(Cc1ccccc1)N(Cc1c(Cl)cccc1Cl)C(=O)CN(c1ccc(Cl)cc1)S(=O)(=O)c1ccc(OC)c(OC)c1. The lowest BCUT2D eigenvalue weighted by atomic mass is 10.0. The number of carbonyl (C=O) groups excluding carboxylic acids is 2. The zero-order chi connectivity index (χ0) is 35.6. The van der Waals surface area contributed by atoms with E-state index in [4.69, 9.17) is 44.3 Å². The highest BCUT2D eigenvalue weighted by molar-refractivity contribution is 7.92. The Morgan fingerprint density at radius 1 is 0.837 bits per heavy atom. The van der Waals surface area contributed by atoms with Gasteiger partial charge in [0.2, 0.25) is 11.8 Å². The molecule has 4 aromatic rings. The normalized spacial score (nSPS) is 11.8. The molecule has 0 fully saturated rings. The highest BCUT2D eigenvalue weighted by Gasteiger charge is 2.35. The van der Waals surface area contributed by atoms with Crippen molar-refractivity contribution >= 4 is 62.3 Å². The molecular formula is C36H38Cl3N3O6S. The number of nitrogens with zero attached hydrogens (tertiary/aromatic N) is 2. The first-order valence-electron chi connectivity index (χ1n) is 15.5. The van der Waals surface area contributed by atoms with Gasteiger partial charge in [0.05, 0.1) is 24.8 Å². The summed E-state index contributed by atoms with van der Waals surface area (Å²) in [5.74, 6) is -0.542. The van der Waals surface area contributed by atoms with Gasteiger partial charge in [-0.15, -0.1) is 0 Å². The van der Waals surface area contributed by atoms with E-state index >= 15 is 0 Å². The number of anilines is 1. The minimum absolute atomic E-state index is 0.147. The number of unbranched alkanes of at least 4 members (excludes halogenated alkanes) is 1. The summed E-state index contributed by atoms with van der Waals surface area (Å²) in [6.45, 7) is 1.57. The van der Waals surface area contributed by atoms with Crippen LogP contribution in [0.25, 0.3) is 0 Å². The second kappa shape index (κ2) is 17.6. The molecule has 260 valence electrons. The van der Waals surface area contributed by atoms with Crippen LogP contribution >= 0.6 is 34.8 Å². The Morgan fingerprint density at radius 3 is 2.10 bits per heavy atom. The fourth-order valence-electron chi connectivity index (χ4n) is 5.15. The molecule has 0 aliphatic rings. The minimum Gasteiger partial charge on any atom is -0.493 e. The summed E-state index contributed by atoms with van der Waals surface area (Å²) in [7, 11) is -1.58. The molecule has 0 saturated carbocycles. The Bertz CT molecular complexity index is 1820. The van der Waals surface area contributed by atoms with Crippen LogP contribution in [-0.4, -0.2) is 58.5 Å². The van der Waals surface area contributed by atoms with Gasteiger partial charge in [0.1, 0.15) is 12.6 Å². The predicted octanol–water partition coefficient (Wildman–Crippen LogP) is 7.42. The van der Waals surface area contributed by atoms with E-state index in [0.29, 0.717) is 32.9 Å². The Morgan fingerprint density at radius 2 is 1.49 bits per heavy atom. The van der Waals surface area contributed by atoms with Gasteiger partial charge in [0.25, 0.3) is 10.0 Å². The van der Waals surface area contributed by atoms with Crippen molar-refractivity contribution in [2.45, 2.75) is 43.7 Å². The summed E-state index contributed by atoms with van der Waals surface area (Å²) < 4.78 is 40.4. The Balaban J connectivity index is 1.84. The van der Waals surface area contributed by atoms with Gasteiger partial charge in [0.15, 0.2) is 11.5 Å². The Kier molecular flexibility index (Phi) is 13.6. The summed E-state index contributed by atoms with van der Waals surface area (Å²) >= 11 is 19.3. The largest absolute Gasteiger partial charge is 0.493 e. The fourth-order valence-corrected chi connectivity index (χ4v) is 7.23. The van der Waals surface area contributed by atoms with Crippen LogP contribution in [0.2, 0.25) is 15.1 Å². The first-order chi connectivity index (χ1) is 23.5. The van der Waals surface area contributed by atoms with Crippen LogP contribution in [0.15, 0.2) is 95.9 Å². The number of sulfonamides is 1. The lowest BCUT2D eigenvalue weighted by Gasteiger charge is -2.34. The smallest absolute Gasteiger partial charge is 0.264 e. The van der Waals surface area contributed by atoms with Crippen molar-refractivity contribution in [1.82, 2.24) is 10.2 Å². The molecule has 1 unspecified atom stereocenters. The number of hydrogen-bond donors (Lipinski definition) is 1. The van der Waals surface area contributed by atoms with Gasteiger partial charge in [-0.2, -0.15) is 0 Å². The molecule has 0 aliphatic carbocycles. The molecule has 0 aliphatic heterocycles. The van der Waals surface area contributed by atoms with E-state index in [1.807, 2.05) is 37.3 Å². The van der Waals surface area contributed by atoms with E-state index in [9.17, 15) is 18.0 Å². The van der Waals surface area contributed by atoms with Gasteiger partial charge >= 0.3 is 0 Å². The van der Waals surface area contributed by atoms with E-state index in [-0.39, 0.29) is 29.3 Å². The number of benzene rings is 4. The summed E-state index contributed by atoms with van der Waals surface area (Å²) in [5, 5.41) is 3.92. The molecule has 0 spiro atoms. The summed E-state index contributed by atoms with van der Waals surface area (Å²) in [4.78, 5) is 29.8. The molecule has 0 heterocycles. The number of rotatable bonds is 16. The zero-order valence-electron chi connectivity index (χ0n) is 27.4. The molecular weight excluding hydrogens is 709 g/mol. The molecule has 4 aromatic carbocycles. The molecule has 4 rings (SSSR count). The van der Waals surface area contributed by atoms with Gasteiger partial charge in [-0.1, -0.05) is 84.5 Å². The van der Waals surface area contributed by atoms with Crippen molar-refractivity contribution in [3.8, 4) is 11.5 Å². The monoisotopic (exact) mass is 745 g/mol.